The molecule has 0 radical (unpaired) electrons. The first-order valence-corrected chi connectivity index (χ1v) is 7.88. The van der Waals surface area contributed by atoms with Crippen LogP contribution in [0.25, 0.3) is 0 Å². The molecule has 94 valence electrons. The summed E-state index contributed by atoms with van der Waals surface area (Å²) in [5, 5.41) is 1.10. The van der Waals surface area contributed by atoms with E-state index < -0.39 is 0 Å². The van der Waals surface area contributed by atoms with Gasteiger partial charge in [-0.1, -0.05) is 26.0 Å². The molecule has 0 fully saturated rings. The molecule has 0 saturated carbocycles. The van der Waals surface area contributed by atoms with Gasteiger partial charge in [0, 0.05) is 21.7 Å². The van der Waals surface area contributed by atoms with Gasteiger partial charge in [-0.3, -0.25) is 0 Å². The Balaban J connectivity index is 1.83. The zero-order valence-corrected chi connectivity index (χ0v) is 12.1. The zero-order valence-electron chi connectivity index (χ0n) is 10.4. The Morgan fingerprint density at radius 1 is 1.33 bits per heavy atom. The quantitative estimate of drug-likeness (QED) is 0.807. The number of nitrogens with zero attached hydrogens (tertiary/aromatic N) is 1. The molecule has 3 rings (SSSR count). The van der Waals surface area contributed by atoms with Gasteiger partial charge in [-0.15, -0.1) is 23.1 Å². The maximum absolute atomic E-state index is 6.04. The summed E-state index contributed by atoms with van der Waals surface area (Å²) in [7, 11) is 0. The Bertz CT molecular complexity index is 550. The van der Waals surface area contributed by atoms with Crippen LogP contribution in [0.4, 0.5) is 0 Å². The molecule has 0 amide bonds. The topological polar surface area (TPSA) is 22.1 Å². The van der Waals surface area contributed by atoms with Gasteiger partial charge in [0.05, 0.1) is 0 Å². The summed E-state index contributed by atoms with van der Waals surface area (Å²) in [6.07, 6.45) is 2.08. The summed E-state index contributed by atoms with van der Waals surface area (Å²) in [6, 6.07) is 8.21. The highest BCUT2D eigenvalue weighted by atomic mass is 32.2. The Labute approximate surface area is 115 Å². The second-order valence-electron chi connectivity index (χ2n) is 4.62. The number of thioether (sulfide) groups is 1. The molecule has 1 atom stereocenters. The van der Waals surface area contributed by atoms with Gasteiger partial charge in [-0.05, 0) is 18.1 Å². The number of thiazole rings is 1. The van der Waals surface area contributed by atoms with E-state index in [0.29, 0.717) is 5.92 Å². The van der Waals surface area contributed by atoms with Crippen molar-refractivity contribution in [1.29, 1.82) is 0 Å². The lowest BCUT2D eigenvalue weighted by Crippen LogP contribution is -2.14. The first kappa shape index (κ1) is 12.1. The molecule has 1 unspecified atom stereocenters. The van der Waals surface area contributed by atoms with E-state index in [-0.39, 0.29) is 6.10 Å². The van der Waals surface area contributed by atoms with Crippen molar-refractivity contribution < 1.29 is 4.74 Å². The van der Waals surface area contributed by atoms with Gasteiger partial charge in [0.1, 0.15) is 10.8 Å². The van der Waals surface area contributed by atoms with Crippen LogP contribution >= 0.6 is 23.1 Å². The lowest BCUT2D eigenvalue weighted by Gasteiger charge is -2.23. The van der Waals surface area contributed by atoms with Gasteiger partial charge in [0.15, 0.2) is 6.10 Å². The van der Waals surface area contributed by atoms with E-state index in [2.05, 4.69) is 31.0 Å². The number of aromatic nitrogens is 1. The monoisotopic (exact) mass is 277 g/mol. The van der Waals surface area contributed by atoms with E-state index >= 15 is 0 Å². The molecule has 1 aliphatic heterocycles. The van der Waals surface area contributed by atoms with Gasteiger partial charge in [-0.2, -0.15) is 0 Å². The standard InChI is InChI=1S/C14H15NOS2/c1-9(2)13-7-15-14(18-13)11-8-17-12-6-4-3-5-10(12)16-11/h3-7,9,11H,8H2,1-2H3. The van der Waals surface area contributed by atoms with Crippen LogP contribution in [0.1, 0.15) is 35.8 Å². The molecular formula is C14H15NOS2. The van der Waals surface area contributed by atoms with Gasteiger partial charge in [0.25, 0.3) is 0 Å². The number of benzene rings is 1. The summed E-state index contributed by atoms with van der Waals surface area (Å²) in [6.45, 7) is 4.39. The molecule has 18 heavy (non-hydrogen) atoms. The molecule has 4 heteroatoms. The van der Waals surface area contributed by atoms with Gasteiger partial charge >= 0.3 is 0 Å². The molecule has 0 aliphatic carbocycles. The largest absolute Gasteiger partial charge is 0.481 e. The van der Waals surface area contributed by atoms with Crippen molar-refractivity contribution in [2.24, 2.45) is 0 Å². The predicted octanol–water partition coefficient (Wildman–Crippen LogP) is 4.49. The number of rotatable bonds is 2. The van der Waals surface area contributed by atoms with Crippen molar-refractivity contribution in [1.82, 2.24) is 4.98 Å². The maximum Gasteiger partial charge on any atom is 0.159 e. The summed E-state index contributed by atoms with van der Waals surface area (Å²) in [4.78, 5) is 7.08. The van der Waals surface area contributed by atoms with E-state index in [4.69, 9.17) is 4.74 Å². The second kappa shape index (κ2) is 4.94. The summed E-state index contributed by atoms with van der Waals surface area (Å²) in [5.74, 6) is 2.47. The number of hydrogen-bond acceptors (Lipinski definition) is 4. The van der Waals surface area contributed by atoms with E-state index in [0.717, 1.165) is 16.5 Å². The molecule has 1 aliphatic rings. The highest BCUT2D eigenvalue weighted by molar-refractivity contribution is 7.99. The maximum atomic E-state index is 6.04. The first-order valence-electron chi connectivity index (χ1n) is 6.08. The third kappa shape index (κ3) is 2.27. The number of ether oxygens (including phenoxy) is 1. The van der Waals surface area contributed by atoms with Gasteiger partial charge in [0.2, 0.25) is 0 Å². The third-order valence-electron chi connectivity index (χ3n) is 2.89. The Kier molecular flexibility index (Phi) is 3.31. The van der Waals surface area contributed by atoms with Crippen LogP contribution in [-0.4, -0.2) is 10.7 Å². The van der Waals surface area contributed by atoms with E-state index in [1.165, 1.54) is 9.77 Å². The van der Waals surface area contributed by atoms with Crippen molar-refractivity contribution in [3.8, 4) is 5.75 Å². The molecule has 1 aromatic heterocycles. The molecule has 2 heterocycles. The van der Waals surface area contributed by atoms with Crippen molar-refractivity contribution in [2.75, 3.05) is 5.75 Å². The number of hydrogen-bond donors (Lipinski definition) is 0. The van der Waals surface area contributed by atoms with Crippen LogP contribution in [0.3, 0.4) is 0 Å². The van der Waals surface area contributed by atoms with E-state index in [1.54, 1.807) is 11.3 Å². The van der Waals surface area contributed by atoms with Crippen LogP contribution < -0.4 is 4.74 Å². The van der Waals surface area contributed by atoms with Crippen LogP contribution in [0.15, 0.2) is 35.4 Å². The summed E-state index contributed by atoms with van der Waals surface area (Å²) in [5.41, 5.74) is 0. The summed E-state index contributed by atoms with van der Waals surface area (Å²) < 4.78 is 6.04. The Hall–Kier alpha value is -1.00. The minimum Gasteiger partial charge on any atom is -0.481 e. The fraction of sp³-hybridized carbons (Fsp3) is 0.357. The predicted molar refractivity (Wildman–Crippen MR) is 76.7 cm³/mol. The molecule has 0 bridgehead atoms. The molecule has 0 saturated heterocycles. The van der Waals surface area contributed by atoms with Crippen molar-refractivity contribution >= 4 is 23.1 Å². The van der Waals surface area contributed by atoms with Crippen LogP contribution in [0.5, 0.6) is 5.75 Å². The van der Waals surface area contributed by atoms with E-state index in [1.807, 2.05) is 30.1 Å². The van der Waals surface area contributed by atoms with Crippen LogP contribution in [0.2, 0.25) is 0 Å². The van der Waals surface area contributed by atoms with Crippen molar-refractivity contribution in [2.45, 2.75) is 30.8 Å². The van der Waals surface area contributed by atoms with Crippen LogP contribution in [0, 0.1) is 0 Å². The smallest absolute Gasteiger partial charge is 0.159 e. The molecule has 0 N–H and O–H groups in total. The fourth-order valence-electron chi connectivity index (χ4n) is 1.86. The average molecular weight is 277 g/mol. The third-order valence-corrected chi connectivity index (χ3v) is 5.40. The molecule has 1 aromatic carbocycles. The molecule has 2 nitrogen and oxygen atoms in total. The van der Waals surface area contributed by atoms with Crippen molar-refractivity contribution in [3.63, 3.8) is 0 Å². The number of fused-ring (bicyclic) bond motifs is 1. The minimum atomic E-state index is 0.0994. The SMILES string of the molecule is CC(C)c1cnc(C2CSc3ccccc3O2)s1. The average Bonchev–Trinajstić information content (AvgIpc) is 2.88. The van der Waals surface area contributed by atoms with Gasteiger partial charge in [-0.25, -0.2) is 4.98 Å². The lowest BCUT2D eigenvalue weighted by molar-refractivity contribution is 0.220. The van der Waals surface area contributed by atoms with Crippen molar-refractivity contribution in [3.05, 3.63) is 40.3 Å². The zero-order chi connectivity index (χ0) is 12.5. The highest BCUT2D eigenvalue weighted by Gasteiger charge is 2.24. The van der Waals surface area contributed by atoms with E-state index in [9.17, 15) is 0 Å². The first-order chi connectivity index (χ1) is 8.74. The number of para-hydroxylation sites is 1. The Morgan fingerprint density at radius 3 is 2.94 bits per heavy atom. The molecular weight excluding hydrogens is 262 g/mol. The Morgan fingerprint density at radius 2 is 2.17 bits per heavy atom. The molecule has 2 aromatic rings. The highest BCUT2D eigenvalue weighted by Crippen LogP contribution is 2.41. The van der Waals surface area contributed by atoms with Crippen LogP contribution in [-0.2, 0) is 0 Å². The van der Waals surface area contributed by atoms with Gasteiger partial charge < -0.3 is 4.74 Å². The normalized spacial score (nSPS) is 18.5. The fourth-order valence-corrected chi connectivity index (χ4v) is 3.90. The minimum absolute atomic E-state index is 0.0994. The summed E-state index contributed by atoms with van der Waals surface area (Å²) >= 11 is 3.62. The molecule has 0 spiro atoms. The second-order valence-corrected chi connectivity index (χ2v) is 6.78. The lowest BCUT2D eigenvalue weighted by atomic mass is 10.2.